The lowest BCUT2D eigenvalue weighted by atomic mass is 10.0. The van der Waals surface area contributed by atoms with Gasteiger partial charge in [0.15, 0.2) is 0 Å². The lowest BCUT2D eigenvalue weighted by molar-refractivity contribution is 0.466. The SMILES string of the molecule is C1CCCCC1.CCCCCCCCCc1ccccc1O. The molecule has 1 fully saturated rings. The second kappa shape index (κ2) is 13.7. The standard InChI is InChI=1S/C15H24O.C6H12/c1-2-3-4-5-6-7-8-11-14-12-9-10-13-15(14)16;1-2-4-6-5-3-1/h9-10,12-13,16H,2-8,11H2,1H3;1-6H2. The summed E-state index contributed by atoms with van der Waals surface area (Å²) < 4.78 is 0. The van der Waals surface area contributed by atoms with Gasteiger partial charge in [-0.3, -0.25) is 0 Å². The first kappa shape index (κ1) is 19.1. The minimum atomic E-state index is 0.452. The van der Waals surface area contributed by atoms with Gasteiger partial charge in [-0.2, -0.15) is 0 Å². The molecule has 0 spiro atoms. The van der Waals surface area contributed by atoms with Crippen LogP contribution in [0.1, 0.15) is 96.0 Å². The zero-order chi connectivity index (χ0) is 15.9. The topological polar surface area (TPSA) is 20.2 Å². The molecule has 0 heterocycles. The van der Waals surface area contributed by atoms with Crippen LogP contribution in [0.5, 0.6) is 5.75 Å². The first-order valence-electron chi connectivity index (χ1n) is 9.61. The highest BCUT2D eigenvalue weighted by atomic mass is 16.3. The number of aryl methyl sites for hydroxylation is 1. The fraction of sp³-hybridized carbons (Fsp3) is 0.714. The molecule has 126 valence electrons. The van der Waals surface area contributed by atoms with Crippen molar-refractivity contribution in [3.05, 3.63) is 29.8 Å². The van der Waals surface area contributed by atoms with Crippen molar-refractivity contribution in [3.63, 3.8) is 0 Å². The molecule has 2 rings (SSSR count). The van der Waals surface area contributed by atoms with E-state index in [9.17, 15) is 5.11 Å². The van der Waals surface area contributed by atoms with Crippen molar-refractivity contribution < 1.29 is 5.11 Å². The minimum Gasteiger partial charge on any atom is -0.508 e. The van der Waals surface area contributed by atoms with E-state index in [-0.39, 0.29) is 0 Å². The van der Waals surface area contributed by atoms with E-state index in [2.05, 4.69) is 6.92 Å². The molecule has 0 saturated heterocycles. The quantitative estimate of drug-likeness (QED) is 0.511. The van der Waals surface area contributed by atoms with Crippen LogP contribution in [0.3, 0.4) is 0 Å². The summed E-state index contributed by atoms with van der Waals surface area (Å²) in [6, 6.07) is 7.67. The van der Waals surface area contributed by atoms with Crippen LogP contribution in [0.25, 0.3) is 0 Å². The number of hydrogen-bond donors (Lipinski definition) is 1. The molecule has 0 aromatic heterocycles. The van der Waals surface area contributed by atoms with E-state index in [0.29, 0.717) is 5.75 Å². The number of rotatable bonds is 8. The lowest BCUT2D eigenvalue weighted by Gasteiger charge is -2.05. The Hall–Kier alpha value is -0.980. The van der Waals surface area contributed by atoms with E-state index in [1.807, 2.05) is 18.2 Å². The van der Waals surface area contributed by atoms with Gasteiger partial charge in [-0.1, -0.05) is 102 Å². The number of unbranched alkanes of at least 4 members (excludes halogenated alkanes) is 6. The van der Waals surface area contributed by atoms with Crippen LogP contribution < -0.4 is 0 Å². The van der Waals surface area contributed by atoms with Crippen molar-refractivity contribution in [3.8, 4) is 5.75 Å². The Morgan fingerprint density at radius 2 is 1.23 bits per heavy atom. The molecule has 0 amide bonds. The van der Waals surface area contributed by atoms with Crippen molar-refractivity contribution in [2.45, 2.75) is 96.8 Å². The summed E-state index contributed by atoms with van der Waals surface area (Å²) in [4.78, 5) is 0. The van der Waals surface area contributed by atoms with E-state index in [1.54, 1.807) is 6.07 Å². The monoisotopic (exact) mass is 304 g/mol. The Morgan fingerprint density at radius 3 is 1.77 bits per heavy atom. The summed E-state index contributed by atoms with van der Waals surface area (Å²) >= 11 is 0. The zero-order valence-corrected chi connectivity index (χ0v) is 14.7. The van der Waals surface area contributed by atoms with E-state index >= 15 is 0 Å². The van der Waals surface area contributed by atoms with Gasteiger partial charge < -0.3 is 5.11 Å². The molecule has 1 nitrogen and oxygen atoms in total. The van der Waals surface area contributed by atoms with Crippen LogP contribution in [0.4, 0.5) is 0 Å². The average molecular weight is 305 g/mol. The Balaban J connectivity index is 0.000000335. The smallest absolute Gasteiger partial charge is 0.118 e. The van der Waals surface area contributed by atoms with Gasteiger partial charge in [0, 0.05) is 0 Å². The highest BCUT2D eigenvalue weighted by Gasteiger charge is 1.99. The zero-order valence-electron chi connectivity index (χ0n) is 14.7. The van der Waals surface area contributed by atoms with Crippen molar-refractivity contribution in [2.24, 2.45) is 0 Å². The van der Waals surface area contributed by atoms with Crippen molar-refractivity contribution in [1.29, 1.82) is 0 Å². The number of phenols is 1. The van der Waals surface area contributed by atoms with Crippen LogP contribution in [0.2, 0.25) is 0 Å². The van der Waals surface area contributed by atoms with Gasteiger partial charge in [0.1, 0.15) is 5.75 Å². The number of benzene rings is 1. The molecule has 1 N–H and O–H groups in total. The molecule has 0 atom stereocenters. The fourth-order valence-electron chi connectivity index (χ4n) is 3.06. The van der Waals surface area contributed by atoms with Gasteiger partial charge in [0.25, 0.3) is 0 Å². The predicted molar refractivity (Wildman–Crippen MR) is 97.5 cm³/mol. The van der Waals surface area contributed by atoms with Crippen LogP contribution >= 0.6 is 0 Å². The lowest BCUT2D eigenvalue weighted by Crippen LogP contribution is -1.87. The van der Waals surface area contributed by atoms with Gasteiger partial charge in [-0.25, -0.2) is 0 Å². The molecule has 1 aromatic rings. The summed E-state index contributed by atoms with van der Waals surface area (Å²) in [5, 5.41) is 9.58. The summed E-state index contributed by atoms with van der Waals surface area (Å²) in [5.74, 6) is 0.452. The number of aromatic hydroxyl groups is 1. The Morgan fingerprint density at radius 1 is 0.727 bits per heavy atom. The molecular formula is C21H36O. The molecule has 22 heavy (non-hydrogen) atoms. The molecule has 1 saturated carbocycles. The molecule has 1 aliphatic rings. The molecule has 1 heteroatoms. The van der Waals surface area contributed by atoms with E-state index < -0.39 is 0 Å². The molecule has 0 unspecified atom stereocenters. The van der Waals surface area contributed by atoms with Crippen LogP contribution in [0, 0.1) is 0 Å². The molecule has 0 aliphatic heterocycles. The van der Waals surface area contributed by atoms with Crippen LogP contribution in [-0.2, 0) is 6.42 Å². The van der Waals surface area contributed by atoms with Crippen molar-refractivity contribution in [1.82, 2.24) is 0 Å². The third-order valence-corrected chi connectivity index (χ3v) is 4.54. The molecular weight excluding hydrogens is 268 g/mol. The predicted octanol–water partition coefficient (Wildman–Crippen LogP) is 7.03. The van der Waals surface area contributed by atoms with Gasteiger partial charge in [0.05, 0.1) is 0 Å². The molecule has 0 bridgehead atoms. The first-order chi connectivity index (χ1) is 10.8. The maximum absolute atomic E-state index is 9.58. The number of hydrogen-bond acceptors (Lipinski definition) is 1. The second-order valence-electron chi connectivity index (χ2n) is 6.62. The summed E-state index contributed by atoms with van der Waals surface area (Å²) in [6.07, 6.45) is 19.3. The minimum absolute atomic E-state index is 0.452. The Kier molecular flexibility index (Phi) is 11.8. The highest BCUT2D eigenvalue weighted by molar-refractivity contribution is 5.31. The first-order valence-corrected chi connectivity index (χ1v) is 9.61. The average Bonchev–Trinajstić information content (AvgIpc) is 2.58. The molecule has 1 aromatic carbocycles. The summed E-state index contributed by atoms with van der Waals surface area (Å²) in [5.41, 5.74) is 1.09. The number of phenolic OH excluding ortho intramolecular Hbond substituents is 1. The molecule has 1 aliphatic carbocycles. The van der Waals surface area contributed by atoms with Crippen molar-refractivity contribution in [2.75, 3.05) is 0 Å². The largest absolute Gasteiger partial charge is 0.508 e. The maximum atomic E-state index is 9.58. The van der Waals surface area contributed by atoms with E-state index in [4.69, 9.17) is 0 Å². The van der Waals surface area contributed by atoms with Crippen LogP contribution in [0.15, 0.2) is 24.3 Å². The van der Waals surface area contributed by atoms with Gasteiger partial charge in [-0.15, -0.1) is 0 Å². The van der Waals surface area contributed by atoms with Gasteiger partial charge in [0.2, 0.25) is 0 Å². The maximum Gasteiger partial charge on any atom is 0.118 e. The van der Waals surface area contributed by atoms with E-state index in [1.165, 1.54) is 83.5 Å². The fourth-order valence-corrected chi connectivity index (χ4v) is 3.06. The third-order valence-electron chi connectivity index (χ3n) is 4.54. The number of para-hydroxylation sites is 1. The van der Waals surface area contributed by atoms with Crippen molar-refractivity contribution >= 4 is 0 Å². The summed E-state index contributed by atoms with van der Waals surface area (Å²) in [7, 11) is 0. The third kappa shape index (κ3) is 9.87. The highest BCUT2D eigenvalue weighted by Crippen LogP contribution is 2.18. The van der Waals surface area contributed by atoms with E-state index in [0.717, 1.165) is 12.0 Å². The normalized spacial score (nSPS) is 14.2. The second-order valence-corrected chi connectivity index (χ2v) is 6.62. The Bertz CT molecular complexity index is 343. The summed E-state index contributed by atoms with van der Waals surface area (Å²) in [6.45, 7) is 2.25. The van der Waals surface area contributed by atoms with Gasteiger partial charge in [-0.05, 0) is 24.5 Å². The van der Waals surface area contributed by atoms with Crippen LogP contribution in [-0.4, -0.2) is 5.11 Å². The van der Waals surface area contributed by atoms with Gasteiger partial charge >= 0.3 is 0 Å². The molecule has 0 radical (unpaired) electrons. The Labute approximate surface area is 138 Å².